The van der Waals surface area contributed by atoms with Crippen molar-refractivity contribution >= 4 is 23.6 Å². The Morgan fingerprint density at radius 2 is 2.12 bits per heavy atom. The summed E-state index contributed by atoms with van der Waals surface area (Å²) >= 11 is 1.98. The molecule has 1 saturated heterocycles. The fraction of sp³-hybridized carbons (Fsp3) is 0.556. The van der Waals surface area contributed by atoms with Crippen molar-refractivity contribution < 1.29 is 9.18 Å². The predicted octanol–water partition coefficient (Wildman–Crippen LogP) is 1.89. The molecule has 1 aliphatic rings. The minimum Gasteiger partial charge on any atom is -0.354 e. The first-order chi connectivity index (χ1) is 11.9. The number of thioether (sulfide) groups is 1. The average molecular weight is 367 g/mol. The molecule has 5 nitrogen and oxygen atoms in total. The van der Waals surface area contributed by atoms with E-state index in [0.717, 1.165) is 24.8 Å². The molecule has 2 N–H and O–H groups in total. The van der Waals surface area contributed by atoms with Crippen LogP contribution >= 0.6 is 11.8 Å². The first-order valence-electron chi connectivity index (χ1n) is 8.50. The highest BCUT2D eigenvalue weighted by Gasteiger charge is 2.28. The highest BCUT2D eigenvalue weighted by Crippen LogP contribution is 2.29. The quantitative estimate of drug-likeness (QED) is 0.475. The number of guanidine groups is 1. The molecule has 0 bridgehead atoms. The summed E-state index contributed by atoms with van der Waals surface area (Å²) in [6.07, 6.45) is 0.185. The van der Waals surface area contributed by atoms with Crippen molar-refractivity contribution in [2.45, 2.75) is 25.0 Å². The molecule has 1 aromatic rings. The second-order valence-corrected chi connectivity index (χ2v) is 8.46. The molecule has 25 heavy (non-hydrogen) atoms. The van der Waals surface area contributed by atoms with Gasteiger partial charge in [-0.15, -0.1) is 0 Å². The number of benzene rings is 1. The standard InChI is InChI=1S/C18H27FN4OS/c1-18(2)13-23(9-10-25-18)17(20-3)22-8-7-21-16(24)12-14-5-4-6-15(19)11-14/h4-6,11H,7-10,12-13H2,1-3H3,(H,20,22)(H,21,24). The zero-order valence-corrected chi connectivity index (χ0v) is 16.0. The molecule has 1 aromatic carbocycles. The number of nitrogens with zero attached hydrogens (tertiary/aromatic N) is 2. The lowest BCUT2D eigenvalue weighted by Crippen LogP contribution is -2.51. The number of hydrogen-bond acceptors (Lipinski definition) is 3. The van der Waals surface area contributed by atoms with Gasteiger partial charge in [0.1, 0.15) is 5.82 Å². The maximum absolute atomic E-state index is 13.1. The van der Waals surface area contributed by atoms with Gasteiger partial charge >= 0.3 is 0 Å². The molecule has 1 fully saturated rings. The third-order valence-corrected chi connectivity index (χ3v) is 5.22. The van der Waals surface area contributed by atoms with Crippen molar-refractivity contribution in [2.24, 2.45) is 4.99 Å². The van der Waals surface area contributed by atoms with E-state index < -0.39 is 0 Å². The van der Waals surface area contributed by atoms with Gasteiger partial charge < -0.3 is 15.5 Å². The third-order valence-electron chi connectivity index (χ3n) is 3.92. The smallest absolute Gasteiger partial charge is 0.224 e. The summed E-state index contributed by atoms with van der Waals surface area (Å²) in [6, 6.07) is 6.12. The van der Waals surface area contributed by atoms with E-state index in [1.807, 2.05) is 11.8 Å². The van der Waals surface area contributed by atoms with Gasteiger partial charge in [-0.1, -0.05) is 12.1 Å². The molecule has 1 amide bonds. The summed E-state index contributed by atoms with van der Waals surface area (Å²) in [5, 5.41) is 6.14. The van der Waals surface area contributed by atoms with Crippen molar-refractivity contribution in [1.82, 2.24) is 15.5 Å². The van der Waals surface area contributed by atoms with Crippen LogP contribution in [-0.4, -0.2) is 60.5 Å². The molecule has 2 rings (SSSR count). The number of carbonyl (C=O) groups is 1. The molecule has 1 heterocycles. The fourth-order valence-electron chi connectivity index (χ4n) is 2.80. The number of carbonyl (C=O) groups excluding carboxylic acids is 1. The van der Waals surface area contributed by atoms with Crippen LogP contribution in [0.15, 0.2) is 29.3 Å². The van der Waals surface area contributed by atoms with Gasteiger partial charge in [0.2, 0.25) is 5.91 Å². The largest absolute Gasteiger partial charge is 0.354 e. The Bertz CT molecular complexity index is 621. The van der Waals surface area contributed by atoms with Crippen LogP contribution in [0.5, 0.6) is 0 Å². The van der Waals surface area contributed by atoms with E-state index in [4.69, 9.17) is 0 Å². The summed E-state index contributed by atoms with van der Waals surface area (Å²) in [5.74, 6) is 1.52. The fourth-order valence-corrected chi connectivity index (χ4v) is 3.91. The summed E-state index contributed by atoms with van der Waals surface area (Å²) in [4.78, 5) is 18.5. The second kappa shape index (κ2) is 9.08. The van der Waals surface area contributed by atoms with Crippen LogP contribution in [0.4, 0.5) is 4.39 Å². The van der Waals surface area contributed by atoms with E-state index in [0.29, 0.717) is 18.7 Å². The SMILES string of the molecule is CN=C(NCCNC(=O)Cc1cccc(F)c1)N1CCSC(C)(C)C1. The van der Waals surface area contributed by atoms with Crippen molar-refractivity contribution in [3.8, 4) is 0 Å². The molecule has 0 aliphatic carbocycles. The predicted molar refractivity (Wildman–Crippen MR) is 103 cm³/mol. The molecular weight excluding hydrogens is 339 g/mol. The number of hydrogen-bond donors (Lipinski definition) is 2. The second-order valence-electron chi connectivity index (χ2n) is 6.66. The molecule has 0 unspecified atom stereocenters. The van der Waals surface area contributed by atoms with Gasteiger partial charge in [-0.3, -0.25) is 9.79 Å². The number of rotatable bonds is 5. The van der Waals surface area contributed by atoms with Crippen molar-refractivity contribution in [1.29, 1.82) is 0 Å². The Morgan fingerprint density at radius 1 is 1.36 bits per heavy atom. The number of nitrogens with one attached hydrogen (secondary N) is 2. The normalized spacial score (nSPS) is 17.3. The van der Waals surface area contributed by atoms with Crippen molar-refractivity contribution in [2.75, 3.05) is 39.0 Å². The van der Waals surface area contributed by atoms with Gasteiger partial charge in [-0.2, -0.15) is 11.8 Å². The Hall–Kier alpha value is -1.76. The lowest BCUT2D eigenvalue weighted by Gasteiger charge is -2.39. The molecule has 0 atom stereocenters. The van der Waals surface area contributed by atoms with E-state index in [1.54, 1.807) is 19.2 Å². The summed E-state index contributed by atoms with van der Waals surface area (Å²) in [7, 11) is 1.78. The molecule has 138 valence electrons. The van der Waals surface area contributed by atoms with Gasteiger partial charge in [-0.05, 0) is 31.5 Å². The van der Waals surface area contributed by atoms with Crippen LogP contribution in [0.2, 0.25) is 0 Å². The summed E-state index contributed by atoms with van der Waals surface area (Å²) < 4.78 is 13.3. The average Bonchev–Trinajstić information content (AvgIpc) is 2.54. The minimum atomic E-state index is -0.321. The first kappa shape index (κ1) is 19.6. The highest BCUT2D eigenvalue weighted by molar-refractivity contribution is 8.00. The highest BCUT2D eigenvalue weighted by atomic mass is 32.2. The van der Waals surface area contributed by atoms with E-state index >= 15 is 0 Å². The molecule has 0 aromatic heterocycles. The lowest BCUT2D eigenvalue weighted by atomic mass is 10.1. The minimum absolute atomic E-state index is 0.113. The van der Waals surface area contributed by atoms with E-state index in [1.165, 1.54) is 12.1 Å². The molecular formula is C18H27FN4OS. The topological polar surface area (TPSA) is 56.7 Å². The molecule has 0 spiro atoms. The number of amides is 1. The number of aliphatic imine (C=N–C) groups is 1. The van der Waals surface area contributed by atoms with E-state index in [-0.39, 0.29) is 22.9 Å². The van der Waals surface area contributed by atoms with Crippen LogP contribution < -0.4 is 10.6 Å². The van der Waals surface area contributed by atoms with Crippen LogP contribution in [0.25, 0.3) is 0 Å². The zero-order valence-electron chi connectivity index (χ0n) is 15.1. The van der Waals surface area contributed by atoms with Crippen LogP contribution in [-0.2, 0) is 11.2 Å². The van der Waals surface area contributed by atoms with Gasteiger partial charge in [0.15, 0.2) is 5.96 Å². The van der Waals surface area contributed by atoms with Gasteiger partial charge in [0.05, 0.1) is 6.42 Å². The molecule has 1 aliphatic heterocycles. The number of halogens is 1. The molecule has 0 saturated carbocycles. The maximum Gasteiger partial charge on any atom is 0.224 e. The van der Waals surface area contributed by atoms with Gasteiger partial charge in [0, 0.05) is 43.7 Å². The zero-order chi connectivity index (χ0) is 18.3. The maximum atomic E-state index is 13.1. The molecule has 7 heteroatoms. The lowest BCUT2D eigenvalue weighted by molar-refractivity contribution is -0.120. The molecule has 0 radical (unpaired) electrons. The Kier molecular flexibility index (Phi) is 7.11. The Balaban J connectivity index is 1.71. The van der Waals surface area contributed by atoms with Crippen LogP contribution in [0.3, 0.4) is 0 Å². The Labute approximate surface area is 153 Å². The van der Waals surface area contributed by atoms with Crippen molar-refractivity contribution in [3.05, 3.63) is 35.6 Å². The van der Waals surface area contributed by atoms with E-state index in [9.17, 15) is 9.18 Å². The van der Waals surface area contributed by atoms with Gasteiger partial charge in [0.25, 0.3) is 0 Å². The first-order valence-corrected chi connectivity index (χ1v) is 9.49. The Morgan fingerprint density at radius 3 is 2.80 bits per heavy atom. The van der Waals surface area contributed by atoms with Crippen molar-refractivity contribution in [3.63, 3.8) is 0 Å². The third kappa shape index (κ3) is 6.57. The summed E-state index contributed by atoms with van der Waals surface area (Å²) in [6.45, 7) is 7.50. The van der Waals surface area contributed by atoms with E-state index in [2.05, 4.69) is 34.4 Å². The van der Waals surface area contributed by atoms with Gasteiger partial charge in [-0.25, -0.2) is 4.39 Å². The summed E-state index contributed by atoms with van der Waals surface area (Å²) in [5.41, 5.74) is 0.675. The van der Waals surface area contributed by atoms with Crippen LogP contribution in [0, 0.1) is 5.82 Å². The van der Waals surface area contributed by atoms with Crippen LogP contribution in [0.1, 0.15) is 19.4 Å². The monoisotopic (exact) mass is 366 g/mol.